The van der Waals surface area contributed by atoms with Crippen molar-refractivity contribution in [2.45, 2.75) is 131 Å². The number of aromatic hydroxyl groups is 1. The molecule has 5 aliphatic heterocycles. The van der Waals surface area contributed by atoms with Crippen LogP contribution in [-0.4, -0.2) is 238 Å². The molecule has 7 amide bonds. The number of ether oxygens (including phenoxy) is 1. The van der Waals surface area contributed by atoms with Gasteiger partial charge in [-0.1, -0.05) is 52.7 Å². The van der Waals surface area contributed by atoms with Crippen LogP contribution in [0.2, 0.25) is 0 Å². The fourth-order valence-electron chi connectivity index (χ4n) is 13.1. The van der Waals surface area contributed by atoms with E-state index in [1.807, 2.05) is 18.2 Å². The molecule has 15 N–H and O–H groups in total. The van der Waals surface area contributed by atoms with E-state index in [2.05, 4.69) is 87.1 Å². The zero-order chi connectivity index (χ0) is 68.3. The van der Waals surface area contributed by atoms with Crippen LogP contribution in [0.1, 0.15) is 67.4 Å². The van der Waals surface area contributed by atoms with Gasteiger partial charge >= 0.3 is 0 Å². The van der Waals surface area contributed by atoms with Crippen molar-refractivity contribution in [1.29, 1.82) is 0 Å². The number of β-amino-alcohol motifs (C(OH)–C–C–N with tert-alkyl or cyclic N) is 1. The molecule has 0 aromatic heterocycles. The van der Waals surface area contributed by atoms with Crippen LogP contribution >= 0.6 is 12.3 Å². The summed E-state index contributed by atoms with van der Waals surface area (Å²) >= 11 is 0.0853. The van der Waals surface area contributed by atoms with Gasteiger partial charge in [0.1, 0.15) is 36.3 Å². The number of piperidine rings is 1. The number of nitrogens with zero attached hydrogens (tertiary/aromatic N) is 5. The maximum absolute atomic E-state index is 14.7. The van der Waals surface area contributed by atoms with E-state index in [9.17, 15) is 69.3 Å². The van der Waals surface area contributed by atoms with Crippen molar-refractivity contribution in [1.82, 2.24) is 36.4 Å². The topological polar surface area (TPSA) is 421 Å². The molecule has 0 saturated carbocycles. The Balaban J connectivity index is 0.922. The molecule has 0 unspecified atom stereocenters. The number of phenolic OH excluding ortho intramolecular Hbond substituents is 1. The molecular weight excluding hydrogens is 1260 g/mol. The maximum Gasteiger partial charge on any atom is 0.261 e. The van der Waals surface area contributed by atoms with Gasteiger partial charge in [0, 0.05) is 114 Å². The minimum absolute atomic E-state index is 0.0853. The van der Waals surface area contributed by atoms with Gasteiger partial charge in [0.15, 0.2) is 11.5 Å². The van der Waals surface area contributed by atoms with Gasteiger partial charge in [0.25, 0.3) is 18.2 Å². The third kappa shape index (κ3) is 17.0. The molecule has 5 heterocycles. The quantitative estimate of drug-likeness (QED) is 0.0234. The number of anilines is 3. The number of rotatable bonds is 18. The summed E-state index contributed by atoms with van der Waals surface area (Å²) in [6.45, 7) is 5.38. The third-order valence-electron chi connectivity index (χ3n) is 18.5. The molecule has 0 bridgehead atoms. The van der Waals surface area contributed by atoms with Gasteiger partial charge in [-0.2, -0.15) is 0 Å². The number of phenols is 1. The van der Waals surface area contributed by atoms with Crippen LogP contribution < -0.4 is 51.2 Å². The lowest BCUT2D eigenvalue weighted by Gasteiger charge is -2.42. The predicted octanol–water partition coefficient (Wildman–Crippen LogP) is -1.48. The van der Waals surface area contributed by atoms with Crippen molar-refractivity contribution >= 4 is 70.7 Å². The second kappa shape index (κ2) is 32.2. The highest BCUT2D eigenvalue weighted by Gasteiger charge is 2.50. The van der Waals surface area contributed by atoms with E-state index in [0.717, 1.165) is 65.8 Å². The largest absolute Gasteiger partial charge is 0.504 e. The molecule has 95 heavy (non-hydrogen) atoms. The van der Waals surface area contributed by atoms with Crippen molar-refractivity contribution in [3.63, 3.8) is 0 Å². The standard InChI is InChI=1S/C64H85N11O19S/c1-36-34-75-55(56(36)82)61(87)66-33-44(77)31-46(67-57(83)39-10-12-41(13-11-39)72-25-27-73(28-26-72)43-16-14-42(15-17-43)71-23-20-64(91-3,21-24-71)40-7-5-4-6-8-40)58(84)68-52(37(2)76)62(88)74-35-45(78)32-47(74)59(85)69-53(60(86)70-54(63(75)89)49(80)19-22-65)50(81)29-38-9-18-48(79)51(30-38)92-95-94-93-90/h4-18,30,36-37,44-47,49-50,52-56,76-82,90H,19-29,31-35,65H2,1-3H3,(H,66,87)(H,67,83)(H,68,84)(H,69,85)(H,70,86)/t36-,37+,44+,45+,46+,47+,49-,50-,52+,53+,54+,55+,56+/m1/s1. The number of nitrogens with one attached hydrogen (secondary N) is 5. The summed E-state index contributed by atoms with van der Waals surface area (Å²) in [6.07, 6.45) is -10.4. The predicted molar refractivity (Wildman–Crippen MR) is 344 cm³/mol. The van der Waals surface area contributed by atoms with E-state index in [4.69, 9.17) is 19.9 Å². The minimum Gasteiger partial charge on any atom is -0.504 e. The molecule has 4 aromatic rings. The molecule has 4 aromatic carbocycles. The first-order chi connectivity index (χ1) is 45.5. The van der Waals surface area contributed by atoms with E-state index in [1.54, 1.807) is 31.4 Å². The Labute approximate surface area is 552 Å². The zero-order valence-corrected chi connectivity index (χ0v) is 53.7. The Hall–Kier alpha value is -7.92. The van der Waals surface area contributed by atoms with Crippen LogP contribution in [0.3, 0.4) is 0 Å². The summed E-state index contributed by atoms with van der Waals surface area (Å²) in [5.41, 5.74) is 9.96. The van der Waals surface area contributed by atoms with Crippen LogP contribution in [0.25, 0.3) is 0 Å². The summed E-state index contributed by atoms with van der Waals surface area (Å²) in [4.78, 5) is 110. The van der Waals surface area contributed by atoms with Gasteiger partial charge in [-0.15, -0.1) is 0 Å². The van der Waals surface area contributed by atoms with Crippen molar-refractivity contribution in [2.75, 3.05) is 87.3 Å². The second-order valence-electron chi connectivity index (χ2n) is 24.8. The lowest BCUT2D eigenvalue weighted by atomic mass is 9.84. The van der Waals surface area contributed by atoms with Crippen LogP contribution in [-0.2, 0) is 54.9 Å². The molecule has 9 rings (SSSR count). The Kier molecular flexibility index (Phi) is 24.2. The Morgan fingerprint density at radius 2 is 1.29 bits per heavy atom. The van der Waals surface area contributed by atoms with Gasteiger partial charge in [0.05, 0.1) is 42.2 Å². The first-order valence-electron chi connectivity index (χ1n) is 31.6. The van der Waals surface area contributed by atoms with E-state index >= 15 is 0 Å². The molecule has 31 heteroatoms. The lowest BCUT2D eigenvalue weighted by Crippen LogP contribution is -2.64. The normalized spacial score (nSPS) is 26.8. The molecule has 0 radical (unpaired) electrons. The van der Waals surface area contributed by atoms with E-state index in [1.165, 1.54) is 24.6 Å². The molecule has 0 aliphatic carbocycles. The first-order valence-corrected chi connectivity index (χ1v) is 32.3. The number of hydrogen-bond acceptors (Lipinski definition) is 24. The smallest absolute Gasteiger partial charge is 0.261 e. The molecule has 30 nitrogen and oxygen atoms in total. The van der Waals surface area contributed by atoms with E-state index < -0.39 is 158 Å². The number of amides is 7. The van der Waals surface area contributed by atoms with Crippen LogP contribution in [0, 0.1) is 5.92 Å². The molecule has 13 atom stereocenters. The average molecular weight is 1340 g/mol. The number of benzene rings is 4. The Morgan fingerprint density at radius 3 is 1.89 bits per heavy atom. The highest BCUT2D eigenvalue weighted by Crippen LogP contribution is 2.38. The number of carbonyl (C=O) groups excluding carboxylic acids is 7. The summed E-state index contributed by atoms with van der Waals surface area (Å²) in [5, 5.41) is 103. The molecular formula is C64H85N11O19S. The second-order valence-corrected chi connectivity index (χ2v) is 25.2. The summed E-state index contributed by atoms with van der Waals surface area (Å²) in [6, 6.07) is 18.1. The van der Waals surface area contributed by atoms with Gasteiger partial charge in [-0.25, -0.2) is 5.26 Å². The number of hydrogen-bond donors (Lipinski definition) is 14. The van der Waals surface area contributed by atoms with Crippen molar-refractivity contribution in [2.24, 2.45) is 11.7 Å². The van der Waals surface area contributed by atoms with Crippen molar-refractivity contribution < 1.29 is 92.9 Å². The average Bonchev–Trinajstić information content (AvgIpc) is 1.73. The molecule has 5 fully saturated rings. The number of nitrogens with two attached hydrogens (primary N) is 1. The summed E-state index contributed by atoms with van der Waals surface area (Å²) in [7, 11) is 1.78. The number of carbonyl (C=O) groups is 7. The van der Waals surface area contributed by atoms with E-state index in [0.29, 0.717) is 26.2 Å². The minimum atomic E-state index is -2.10. The molecule has 0 spiro atoms. The fourth-order valence-corrected chi connectivity index (χ4v) is 13.3. The van der Waals surface area contributed by atoms with Crippen LogP contribution in [0.5, 0.6) is 11.5 Å². The first kappa shape index (κ1) is 71.4. The Bertz CT molecular complexity index is 3290. The van der Waals surface area contributed by atoms with Gasteiger partial charge in [-0.3, -0.25) is 33.6 Å². The number of fused-ring (bicyclic) bond motifs is 2. The van der Waals surface area contributed by atoms with E-state index in [-0.39, 0.29) is 54.3 Å². The summed E-state index contributed by atoms with van der Waals surface area (Å²) in [5.74, 6) is -9.17. The maximum atomic E-state index is 14.7. The number of aliphatic hydroxyl groups is 6. The van der Waals surface area contributed by atoms with Gasteiger partial charge < -0.3 is 101 Å². The van der Waals surface area contributed by atoms with Gasteiger partial charge in [0.2, 0.25) is 35.4 Å². The number of piperazine rings is 1. The Morgan fingerprint density at radius 1 is 0.705 bits per heavy atom. The van der Waals surface area contributed by atoms with Crippen molar-refractivity contribution in [3.05, 3.63) is 114 Å². The lowest BCUT2D eigenvalue weighted by molar-refractivity contribution is -0.433. The molecule has 516 valence electrons. The number of methoxy groups -OCH3 is 1. The molecule has 5 saturated heterocycles. The van der Waals surface area contributed by atoms with Crippen molar-refractivity contribution in [3.8, 4) is 11.5 Å². The fraction of sp³-hybridized carbons (Fsp3) is 0.516. The highest BCUT2D eigenvalue weighted by atomic mass is 32.2. The summed E-state index contributed by atoms with van der Waals surface area (Å²) < 4.78 is 15.5. The SMILES string of the molecule is COC1(c2ccccc2)CCN(c2ccc(N3CCN(c4ccc(C(=O)N[C@H]5C[C@H](O)CNC(=O)[C@@H]6[C@@H](O)[C@H](C)CN6C(=O)[C@H]([C@H](O)CCN)NC(=O)[C@H]([C@H](O)Cc6ccc(O)c(OSOOO)c6)NC(=O)[C@@H]6C[C@H](O)CN6C(=O)[C@H]([C@H](C)O)NC5=O)cc4)CC3)cc2)CC1. The third-order valence-corrected chi connectivity index (χ3v) is 18.8. The van der Waals surface area contributed by atoms with Gasteiger partial charge in [-0.05, 0) is 105 Å². The van der Waals surface area contributed by atoms with Crippen LogP contribution in [0.15, 0.2) is 97.1 Å². The zero-order valence-electron chi connectivity index (χ0n) is 52.8. The number of aliphatic hydroxyl groups excluding tert-OH is 6. The molecule has 5 aliphatic rings. The van der Waals surface area contributed by atoms with Crippen LogP contribution in [0.4, 0.5) is 17.1 Å². The highest BCUT2D eigenvalue weighted by molar-refractivity contribution is 7.90. The monoisotopic (exact) mass is 1340 g/mol.